The van der Waals surface area contributed by atoms with Gasteiger partial charge < -0.3 is 10.1 Å². The number of aliphatic hydroxyl groups excluding tert-OH is 1. The van der Waals surface area contributed by atoms with Crippen LogP contribution in [-0.2, 0) is 6.61 Å². The van der Waals surface area contributed by atoms with E-state index in [2.05, 4.69) is 42.0 Å². The van der Waals surface area contributed by atoms with Crippen LogP contribution in [-0.4, -0.2) is 15.1 Å². The molecule has 2 aromatic rings. The Balaban J connectivity index is 2.02. The van der Waals surface area contributed by atoms with E-state index in [1.165, 1.54) is 0 Å². The number of rotatable bonds is 3. The van der Waals surface area contributed by atoms with E-state index >= 15 is 0 Å². The minimum atomic E-state index is -0.306. The number of hydrogen-bond donors (Lipinski definition) is 2. The van der Waals surface area contributed by atoms with E-state index in [9.17, 15) is 9.90 Å². The van der Waals surface area contributed by atoms with Crippen molar-refractivity contribution < 1.29 is 5.11 Å². The Bertz CT molecular complexity index is 980. The molecule has 0 aliphatic heterocycles. The lowest BCUT2D eigenvalue weighted by atomic mass is 9.93. The monoisotopic (exact) mass is 368 g/mol. The molecule has 4 nitrogen and oxygen atoms in total. The van der Waals surface area contributed by atoms with Crippen molar-refractivity contribution in [2.24, 2.45) is 5.41 Å². The van der Waals surface area contributed by atoms with Crippen molar-refractivity contribution in [2.45, 2.75) is 27.4 Å². The van der Waals surface area contributed by atoms with Gasteiger partial charge in [-0.05, 0) is 18.6 Å². The van der Waals surface area contributed by atoms with E-state index in [1.54, 1.807) is 13.1 Å². The van der Waals surface area contributed by atoms with Crippen LogP contribution in [0, 0.1) is 12.3 Å². The van der Waals surface area contributed by atoms with Crippen LogP contribution in [0.3, 0.4) is 0 Å². The molecule has 134 valence electrons. The number of nitrogens with one attached hydrogen (secondary N) is 1. The highest BCUT2D eigenvalue weighted by molar-refractivity contribution is 6.31. The first-order chi connectivity index (χ1) is 12.3. The summed E-state index contributed by atoms with van der Waals surface area (Å²) >= 11 is 6.09. The second-order valence-corrected chi connectivity index (χ2v) is 7.35. The van der Waals surface area contributed by atoms with Gasteiger partial charge in [0.15, 0.2) is 0 Å². The minimum absolute atomic E-state index is 0.000158. The lowest BCUT2D eigenvalue weighted by Gasteiger charge is -2.12. The third kappa shape index (κ3) is 3.57. The summed E-state index contributed by atoms with van der Waals surface area (Å²) in [6, 6.07) is 3.69. The zero-order chi connectivity index (χ0) is 18.9. The Morgan fingerprint density at radius 3 is 2.69 bits per heavy atom. The van der Waals surface area contributed by atoms with Gasteiger partial charge in [0, 0.05) is 22.9 Å². The summed E-state index contributed by atoms with van der Waals surface area (Å²) in [5, 5.41) is 9.73. The number of pyridine rings is 2. The number of aliphatic hydroxyl groups is 1. The molecule has 2 heterocycles. The molecule has 0 fully saturated rings. The summed E-state index contributed by atoms with van der Waals surface area (Å²) in [6.07, 6.45) is 12.0. The highest BCUT2D eigenvalue weighted by atomic mass is 35.5. The van der Waals surface area contributed by atoms with Gasteiger partial charge in [-0.1, -0.05) is 61.9 Å². The maximum atomic E-state index is 12.6. The Morgan fingerprint density at radius 1 is 1.27 bits per heavy atom. The first kappa shape index (κ1) is 18.4. The van der Waals surface area contributed by atoms with E-state index in [0.29, 0.717) is 22.5 Å². The van der Waals surface area contributed by atoms with Gasteiger partial charge in [-0.2, -0.15) is 0 Å². The van der Waals surface area contributed by atoms with E-state index in [0.717, 1.165) is 11.3 Å². The van der Waals surface area contributed by atoms with Crippen LogP contribution in [0.5, 0.6) is 0 Å². The molecule has 2 N–H and O–H groups in total. The third-order valence-corrected chi connectivity index (χ3v) is 4.85. The van der Waals surface area contributed by atoms with Crippen LogP contribution < -0.4 is 5.43 Å². The summed E-state index contributed by atoms with van der Waals surface area (Å²) < 4.78 is 0. The molecule has 0 spiro atoms. The van der Waals surface area contributed by atoms with Crippen LogP contribution in [0.25, 0.3) is 16.7 Å². The van der Waals surface area contributed by atoms with Crippen LogP contribution in [0.4, 0.5) is 0 Å². The Kier molecular flexibility index (Phi) is 4.99. The predicted octanol–water partition coefficient (Wildman–Crippen LogP) is 4.43. The van der Waals surface area contributed by atoms with Gasteiger partial charge in [-0.15, -0.1) is 0 Å². The number of aromatic nitrogens is 2. The first-order valence-corrected chi connectivity index (χ1v) is 8.78. The van der Waals surface area contributed by atoms with Crippen LogP contribution in [0.2, 0.25) is 5.02 Å². The molecule has 0 saturated carbocycles. The van der Waals surface area contributed by atoms with Gasteiger partial charge in [-0.25, -0.2) is 0 Å². The molecular weight excluding hydrogens is 348 g/mol. The van der Waals surface area contributed by atoms with Crippen molar-refractivity contribution >= 4 is 17.2 Å². The van der Waals surface area contributed by atoms with Crippen molar-refractivity contribution in [2.75, 3.05) is 0 Å². The Labute approximate surface area is 157 Å². The predicted molar refractivity (Wildman–Crippen MR) is 106 cm³/mol. The fourth-order valence-electron chi connectivity index (χ4n) is 2.88. The van der Waals surface area contributed by atoms with Crippen LogP contribution in [0.1, 0.15) is 30.9 Å². The standard InChI is InChI=1S/C21H21ClN2O2/c1-13-19(22)20(26)18(17(12-25)24-13)15-6-7-16(23-11-15)14-5-4-9-21(2,3)10-8-14/h4-11,25H,12H2,1-3H3,(H,24,26). The van der Waals surface area contributed by atoms with Crippen LogP contribution in [0.15, 0.2) is 53.5 Å². The summed E-state index contributed by atoms with van der Waals surface area (Å²) in [5.41, 5.74) is 3.45. The van der Waals surface area contributed by atoms with Crippen molar-refractivity contribution in [3.8, 4) is 11.1 Å². The van der Waals surface area contributed by atoms with Gasteiger partial charge in [0.25, 0.3) is 0 Å². The molecule has 26 heavy (non-hydrogen) atoms. The zero-order valence-corrected chi connectivity index (χ0v) is 15.8. The van der Waals surface area contributed by atoms with Gasteiger partial charge in [0.2, 0.25) is 5.43 Å². The Morgan fingerprint density at radius 2 is 2.04 bits per heavy atom. The molecule has 0 aromatic carbocycles. The van der Waals surface area contributed by atoms with Crippen molar-refractivity contribution in [3.63, 3.8) is 0 Å². The fourth-order valence-corrected chi connectivity index (χ4v) is 3.03. The molecule has 1 aliphatic carbocycles. The average Bonchev–Trinajstić information content (AvgIpc) is 2.80. The van der Waals surface area contributed by atoms with Gasteiger partial charge in [0.05, 0.1) is 23.6 Å². The fraction of sp³-hybridized carbons (Fsp3) is 0.238. The molecule has 0 amide bonds. The second-order valence-electron chi connectivity index (χ2n) is 6.97. The third-order valence-electron chi connectivity index (χ3n) is 4.40. The lowest BCUT2D eigenvalue weighted by Crippen LogP contribution is -2.13. The SMILES string of the molecule is Cc1[nH]c(CO)c(-c2ccc(C3=CC=CC(C)(C)C=C3)nc2)c(=O)c1Cl. The number of halogens is 1. The van der Waals surface area contributed by atoms with Gasteiger partial charge in [-0.3, -0.25) is 9.78 Å². The number of aryl methyl sites for hydroxylation is 1. The molecule has 3 rings (SSSR count). The highest BCUT2D eigenvalue weighted by Crippen LogP contribution is 2.27. The van der Waals surface area contributed by atoms with E-state index < -0.39 is 0 Å². The number of H-pyrrole nitrogens is 1. The number of nitrogens with zero attached hydrogens (tertiary/aromatic N) is 1. The van der Waals surface area contributed by atoms with Crippen LogP contribution >= 0.6 is 11.6 Å². The maximum Gasteiger partial charge on any atom is 0.208 e. The summed E-state index contributed by atoms with van der Waals surface area (Å²) in [5.74, 6) is 0. The molecule has 2 aromatic heterocycles. The largest absolute Gasteiger partial charge is 0.390 e. The summed E-state index contributed by atoms with van der Waals surface area (Å²) in [6.45, 7) is 5.69. The van der Waals surface area contributed by atoms with Gasteiger partial charge >= 0.3 is 0 Å². The molecule has 0 atom stereocenters. The quantitative estimate of drug-likeness (QED) is 0.842. The molecule has 5 heteroatoms. The molecule has 1 aliphatic rings. The normalized spacial score (nSPS) is 15.7. The molecule has 0 radical (unpaired) electrons. The maximum absolute atomic E-state index is 12.6. The van der Waals surface area contributed by atoms with Gasteiger partial charge in [0.1, 0.15) is 5.02 Å². The van der Waals surface area contributed by atoms with E-state index in [1.807, 2.05) is 24.3 Å². The van der Waals surface area contributed by atoms with Crippen molar-refractivity contribution in [1.82, 2.24) is 9.97 Å². The molecule has 0 saturated heterocycles. The topological polar surface area (TPSA) is 66.0 Å². The number of aromatic amines is 1. The molecular formula is C21H21ClN2O2. The smallest absolute Gasteiger partial charge is 0.208 e. The summed E-state index contributed by atoms with van der Waals surface area (Å²) in [7, 11) is 0. The summed E-state index contributed by atoms with van der Waals surface area (Å²) in [4.78, 5) is 20.0. The minimum Gasteiger partial charge on any atom is -0.390 e. The molecule has 0 unspecified atom stereocenters. The zero-order valence-electron chi connectivity index (χ0n) is 15.0. The first-order valence-electron chi connectivity index (χ1n) is 8.40. The number of allylic oxidation sites excluding steroid dienone is 6. The number of hydrogen-bond acceptors (Lipinski definition) is 3. The highest BCUT2D eigenvalue weighted by Gasteiger charge is 2.16. The van der Waals surface area contributed by atoms with Crippen molar-refractivity contribution in [3.05, 3.63) is 81.0 Å². The van der Waals surface area contributed by atoms with Crippen molar-refractivity contribution in [1.29, 1.82) is 0 Å². The second kappa shape index (κ2) is 7.06. The van der Waals surface area contributed by atoms with E-state index in [-0.39, 0.29) is 22.5 Å². The molecule has 0 bridgehead atoms. The average molecular weight is 369 g/mol. The Hall–Kier alpha value is -2.43. The van der Waals surface area contributed by atoms with E-state index in [4.69, 9.17) is 11.6 Å². The lowest BCUT2D eigenvalue weighted by molar-refractivity contribution is 0.277.